The van der Waals surface area contributed by atoms with Crippen molar-refractivity contribution in [3.8, 4) is 0 Å². The number of nitrogens with zero attached hydrogens (tertiary/aromatic N) is 2. The number of rotatable bonds is 5. The number of ether oxygens (including phenoxy) is 1. The topological polar surface area (TPSA) is 72.7 Å². The number of carbonyl (C=O) groups is 1. The zero-order chi connectivity index (χ0) is 22.8. The lowest BCUT2D eigenvalue weighted by Crippen LogP contribution is -2.40. The van der Waals surface area contributed by atoms with Crippen molar-refractivity contribution in [1.82, 2.24) is 4.57 Å². The molecule has 0 bridgehead atoms. The highest BCUT2D eigenvalue weighted by atomic mass is 32.1. The molecule has 2 aromatic carbocycles. The Morgan fingerprint density at radius 1 is 1.19 bits per heavy atom. The molecule has 0 unspecified atom stereocenters. The highest BCUT2D eigenvalue weighted by Crippen LogP contribution is 2.30. The van der Waals surface area contributed by atoms with Crippen LogP contribution in [0.15, 0.2) is 69.6 Å². The van der Waals surface area contributed by atoms with Crippen LogP contribution in [-0.4, -0.2) is 17.1 Å². The molecular weight excluding hydrogens is 422 g/mol. The lowest BCUT2D eigenvalue weighted by molar-refractivity contribution is -0.139. The highest BCUT2D eigenvalue weighted by molar-refractivity contribution is 7.07. The molecule has 0 saturated heterocycles. The molecule has 164 valence electrons. The molecule has 7 heteroatoms. The molecule has 0 radical (unpaired) electrons. The summed E-state index contributed by atoms with van der Waals surface area (Å²) in [6, 6.07) is 15.1. The first kappa shape index (κ1) is 21.8. The molecule has 6 nitrogen and oxygen atoms in total. The van der Waals surface area contributed by atoms with E-state index in [1.807, 2.05) is 62.4 Å². The van der Waals surface area contributed by atoms with Crippen molar-refractivity contribution in [2.75, 3.05) is 11.9 Å². The summed E-state index contributed by atoms with van der Waals surface area (Å²) < 4.78 is 7.42. The fourth-order valence-corrected chi connectivity index (χ4v) is 4.75. The molecular formula is C25H25N3O3S. The molecule has 4 rings (SSSR count). The Labute approximate surface area is 190 Å². The van der Waals surface area contributed by atoms with Crippen LogP contribution in [-0.2, 0) is 9.53 Å². The number of thiazole rings is 1. The van der Waals surface area contributed by atoms with Gasteiger partial charge in [0.1, 0.15) is 4.53 Å². The van der Waals surface area contributed by atoms with Crippen LogP contribution in [0.4, 0.5) is 5.69 Å². The molecule has 2 heterocycles. The van der Waals surface area contributed by atoms with Gasteiger partial charge in [0.25, 0.3) is 5.56 Å². The Morgan fingerprint density at radius 3 is 2.66 bits per heavy atom. The Balaban J connectivity index is 1.86. The van der Waals surface area contributed by atoms with Gasteiger partial charge in [-0.15, -0.1) is 0 Å². The van der Waals surface area contributed by atoms with Gasteiger partial charge >= 0.3 is 5.97 Å². The third-order valence-electron chi connectivity index (χ3n) is 5.38. The van der Waals surface area contributed by atoms with Crippen molar-refractivity contribution in [2.45, 2.75) is 33.7 Å². The van der Waals surface area contributed by atoms with Crippen molar-refractivity contribution in [1.29, 1.82) is 0 Å². The molecule has 1 aliphatic rings. The third kappa shape index (κ3) is 4.03. The second kappa shape index (κ2) is 8.96. The Morgan fingerprint density at radius 2 is 1.94 bits per heavy atom. The van der Waals surface area contributed by atoms with Crippen LogP contribution in [0.3, 0.4) is 0 Å². The van der Waals surface area contributed by atoms with Crippen LogP contribution < -0.4 is 20.2 Å². The van der Waals surface area contributed by atoms with Crippen LogP contribution in [0, 0.1) is 13.8 Å². The van der Waals surface area contributed by atoms with E-state index in [0.29, 0.717) is 20.6 Å². The highest BCUT2D eigenvalue weighted by Gasteiger charge is 2.33. The molecule has 0 spiro atoms. The van der Waals surface area contributed by atoms with Gasteiger partial charge in [0.2, 0.25) is 0 Å². The molecule has 1 N–H and O–H groups in total. The number of anilines is 1. The zero-order valence-electron chi connectivity index (χ0n) is 18.5. The van der Waals surface area contributed by atoms with E-state index in [2.05, 4.69) is 10.3 Å². The van der Waals surface area contributed by atoms with Crippen LogP contribution in [0.25, 0.3) is 6.20 Å². The minimum absolute atomic E-state index is 0.199. The summed E-state index contributed by atoms with van der Waals surface area (Å²) in [5, 5.41) is 3.27. The quantitative estimate of drug-likeness (QED) is 0.608. The number of nitrogens with one attached hydrogen (secondary N) is 1. The normalized spacial score (nSPS) is 15.9. The number of aromatic nitrogens is 1. The van der Waals surface area contributed by atoms with Gasteiger partial charge in [-0.1, -0.05) is 53.8 Å². The smallest absolute Gasteiger partial charge is 0.338 e. The van der Waals surface area contributed by atoms with Gasteiger partial charge < -0.3 is 10.1 Å². The minimum Gasteiger partial charge on any atom is -0.463 e. The second-order valence-electron chi connectivity index (χ2n) is 7.68. The summed E-state index contributed by atoms with van der Waals surface area (Å²) in [5.74, 6) is -0.453. The summed E-state index contributed by atoms with van der Waals surface area (Å²) in [4.78, 5) is 31.4. The molecule has 1 aromatic heterocycles. The first-order valence-corrected chi connectivity index (χ1v) is 11.3. The number of fused-ring (bicyclic) bond motifs is 1. The lowest BCUT2D eigenvalue weighted by atomic mass is 9.96. The standard InChI is InChI=1S/C25H25N3O3S/c1-5-31-24(30)21-17(4)27-25-28(22(21)18-9-7-6-8-10-18)23(29)20(32-25)14-26-19-13-15(2)11-12-16(19)3/h6-14,22,26H,5H2,1-4H3/b20-14-/t22-/m1/s1. The average molecular weight is 448 g/mol. The van der Waals surface area contributed by atoms with Crippen molar-refractivity contribution >= 4 is 29.2 Å². The molecule has 1 aliphatic heterocycles. The second-order valence-corrected chi connectivity index (χ2v) is 8.68. The predicted octanol–water partition coefficient (Wildman–Crippen LogP) is 3.44. The summed E-state index contributed by atoms with van der Waals surface area (Å²) in [6.45, 7) is 7.84. The first-order chi connectivity index (χ1) is 15.4. The maximum atomic E-state index is 13.5. The van der Waals surface area contributed by atoms with Crippen molar-refractivity contribution in [2.24, 2.45) is 4.99 Å². The predicted molar refractivity (Wildman–Crippen MR) is 127 cm³/mol. The van der Waals surface area contributed by atoms with Crippen LogP contribution in [0.1, 0.15) is 36.6 Å². The van der Waals surface area contributed by atoms with Gasteiger partial charge in [0, 0.05) is 11.9 Å². The number of benzene rings is 2. The molecule has 0 aliphatic carbocycles. The van der Waals surface area contributed by atoms with Gasteiger partial charge in [0.15, 0.2) is 4.80 Å². The first-order valence-electron chi connectivity index (χ1n) is 10.5. The van der Waals surface area contributed by atoms with E-state index in [1.54, 1.807) is 24.6 Å². The SMILES string of the molecule is CCOC(=O)C1=C(C)N=c2s/c(=C\Nc3cc(C)ccc3C)c(=O)n2[C@@H]1c1ccccc1. The van der Waals surface area contributed by atoms with Gasteiger partial charge in [0.05, 0.1) is 23.9 Å². The maximum Gasteiger partial charge on any atom is 0.338 e. The Hall–Kier alpha value is -3.45. The number of hydrogen-bond donors (Lipinski definition) is 1. The molecule has 3 aromatic rings. The van der Waals surface area contributed by atoms with Crippen LogP contribution >= 0.6 is 11.3 Å². The molecule has 1 atom stereocenters. The van der Waals surface area contributed by atoms with Crippen LogP contribution in [0.2, 0.25) is 0 Å². The lowest BCUT2D eigenvalue weighted by Gasteiger charge is -2.24. The van der Waals surface area contributed by atoms with E-state index < -0.39 is 12.0 Å². The largest absolute Gasteiger partial charge is 0.463 e. The number of aryl methyl sites for hydroxylation is 2. The Kier molecular flexibility index (Phi) is 6.10. The molecule has 32 heavy (non-hydrogen) atoms. The number of hydrogen-bond acceptors (Lipinski definition) is 6. The molecule has 0 amide bonds. The van der Waals surface area contributed by atoms with Crippen LogP contribution in [0.5, 0.6) is 0 Å². The van der Waals surface area contributed by atoms with E-state index in [0.717, 1.165) is 22.4 Å². The van der Waals surface area contributed by atoms with Gasteiger partial charge in [-0.25, -0.2) is 9.79 Å². The van der Waals surface area contributed by atoms with E-state index >= 15 is 0 Å². The van der Waals surface area contributed by atoms with E-state index in [1.165, 1.54) is 11.3 Å². The van der Waals surface area contributed by atoms with Crippen molar-refractivity contribution in [3.05, 3.63) is 96.2 Å². The summed E-state index contributed by atoms with van der Waals surface area (Å²) in [6.07, 6.45) is 1.72. The number of esters is 1. The van der Waals surface area contributed by atoms with Gasteiger partial charge in [-0.05, 0) is 50.5 Å². The van der Waals surface area contributed by atoms with Gasteiger partial charge in [-0.3, -0.25) is 9.36 Å². The maximum absolute atomic E-state index is 13.5. The number of carbonyl (C=O) groups excluding carboxylic acids is 1. The van der Waals surface area contributed by atoms with Gasteiger partial charge in [-0.2, -0.15) is 0 Å². The number of allylic oxidation sites excluding steroid dienone is 1. The fraction of sp³-hybridized carbons (Fsp3) is 0.240. The summed E-state index contributed by atoms with van der Waals surface area (Å²) in [5.41, 5.74) is 4.74. The molecule has 0 saturated carbocycles. The molecule has 0 fully saturated rings. The van der Waals surface area contributed by atoms with E-state index in [-0.39, 0.29) is 12.2 Å². The van der Waals surface area contributed by atoms with Crippen molar-refractivity contribution in [3.63, 3.8) is 0 Å². The van der Waals surface area contributed by atoms with E-state index in [4.69, 9.17) is 4.74 Å². The minimum atomic E-state index is -0.589. The third-order valence-corrected chi connectivity index (χ3v) is 6.37. The zero-order valence-corrected chi connectivity index (χ0v) is 19.3. The Bertz CT molecular complexity index is 1380. The van der Waals surface area contributed by atoms with E-state index in [9.17, 15) is 9.59 Å². The summed E-state index contributed by atoms with van der Waals surface area (Å²) in [7, 11) is 0. The average Bonchev–Trinajstić information content (AvgIpc) is 3.09. The van der Waals surface area contributed by atoms with Crippen molar-refractivity contribution < 1.29 is 9.53 Å². The fourth-order valence-electron chi connectivity index (χ4n) is 3.78. The monoisotopic (exact) mass is 447 g/mol. The summed E-state index contributed by atoms with van der Waals surface area (Å²) >= 11 is 1.30.